The molecule has 0 spiro atoms. The van der Waals surface area contributed by atoms with E-state index >= 15 is 0 Å². The van der Waals surface area contributed by atoms with Crippen LogP contribution in [0.1, 0.15) is 46.5 Å². The first-order chi connectivity index (χ1) is 6.11. The highest BCUT2D eigenvalue weighted by molar-refractivity contribution is 5.72. The lowest BCUT2D eigenvalue weighted by Gasteiger charge is -2.18. The van der Waals surface area contributed by atoms with Crippen LogP contribution in [0.15, 0.2) is 0 Å². The first-order valence-corrected chi connectivity index (χ1v) is 5.31. The highest BCUT2D eigenvalue weighted by Gasteiger charge is 2.28. The average molecular weight is 184 g/mol. The summed E-state index contributed by atoms with van der Waals surface area (Å²) >= 11 is 0. The molecule has 0 aromatic rings. The molecular formula is C11H20O2. The van der Waals surface area contributed by atoms with Gasteiger partial charge in [0.2, 0.25) is 0 Å². The van der Waals surface area contributed by atoms with Gasteiger partial charge in [-0.25, -0.2) is 0 Å². The Kier molecular flexibility index (Phi) is 3.76. The second kappa shape index (κ2) is 4.64. The van der Waals surface area contributed by atoms with Crippen LogP contribution in [0.25, 0.3) is 0 Å². The minimum absolute atomic E-state index is 0.0121. The molecule has 0 bridgehead atoms. The molecule has 0 aromatic heterocycles. The summed E-state index contributed by atoms with van der Waals surface area (Å²) in [6, 6.07) is 0. The second-order valence-corrected chi connectivity index (χ2v) is 4.32. The van der Waals surface area contributed by atoms with E-state index in [9.17, 15) is 4.79 Å². The van der Waals surface area contributed by atoms with E-state index in [0.717, 1.165) is 0 Å². The standard InChI is InChI=1S/C11H20O2/c1-8(2)13-11(12)9(3)10-6-4-5-7-10/h8-10H,4-7H2,1-3H3. The van der Waals surface area contributed by atoms with Crippen molar-refractivity contribution in [1.29, 1.82) is 0 Å². The highest BCUT2D eigenvalue weighted by atomic mass is 16.5. The molecule has 1 aliphatic carbocycles. The fraction of sp³-hybridized carbons (Fsp3) is 0.909. The summed E-state index contributed by atoms with van der Waals surface area (Å²) in [4.78, 5) is 11.5. The van der Waals surface area contributed by atoms with Crippen LogP contribution < -0.4 is 0 Å². The van der Waals surface area contributed by atoms with Gasteiger partial charge in [-0.1, -0.05) is 19.8 Å². The van der Waals surface area contributed by atoms with E-state index < -0.39 is 0 Å². The van der Waals surface area contributed by atoms with Gasteiger partial charge < -0.3 is 4.74 Å². The van der Waals surface area contributed by atoms with Crippen LogP contribution in [0.3, 0.4) is 0 Å². The Hall–Kier alpha value is -0.530. The molecule has 1 aliphatic rings. The van der Waals surface area contributed by atoms with Gasteiger partial charge in [0, 0.05) is 0 Å². The van der Waals surface area contributed by atoms with Crippen molar-refractivity contribution < 1.29 is 9.53 Å². The molecule has 0 aliphatic heterocycles. The van der Waals surface area contributed by atoms with Crippen molar-refractivity contribution in [2.75, 3.05) is 0 Å². The quantitative estimate of drug-likeness (QED) is 0.630. The van der Waals surface area contributed by atoms with Gasteiger partial charge >= 0.3 is 5.97 Å². The number of esters is 1. The topological polar surface area (TPSA) is 26.3 Å². The van der Waals surface area contributed by atoms with E-state index in [1.54, 1.807) is 0 Å². The molecule has 0 N–H and O–H groups in total. The molecule has 1 atom stereocenters. The molecule has 2 heteroatoms. The van der Waals surface area contributed by atoms with Crippen LogP contribution >= 0.6 is 0 Å². The van der Waals surface area contributed by atoms with E-state index in [1.807, 2.05) is 20.8 Å². The summed E-state index contributed by atoms with van der Waals surface area (Å²) in [5.41, 5.74) is 0. The number of carbonyl (C=O) groups is 1. The first kappa shape index (κ1) is 10.6. The Morgan fingerprint density at radius 3 is 2.23 bits per heavy atom. The summed E-state index contributed by atoms with van der Waals surface area (Å²) in [5, 5.41) is 0. The van der Waals surface area contributed by atoms with Crippen LogP contribution in [-0.2, 0) is 9.53 Å². The van der Waals surface area contributed by atoms with E-state index in [2.05, 4.69) is 0 Å². The number of hydrogen-bond acceptors (Lipinski definition) is 2. The molecule has 1 fully saturated rings. The highest BCUT2D eigenvalue weighted by Crippen LogP contribution is 2.31. The molecule has 0 saturated heterocycles. The number of ether oxygens (including phenoxy) is 1. The monoisotopic (exact) mass is 184 g/mol. The fourth-order valence-electron chi connectivity index (χ4n) is 1.99. The molecule has 0 radical (unpaired) electrons. The molecule has 0 amide bonds. The van der Waals surface area contributed by atoms with Crippen molar-refractivity contribution in [1.82, 2.24) is 0 Å². The van der Waals surface area contributed by atoms with E-state index in [1.165, 1.54) is 25.7 Å². The average Bonchev–Trinajstić information content (AvgIpc) is 2.53. The van der Waals surface area contributed by atoms with E-state index in [4.69, 9.17) is 4.74 Å². The summed E-state index contributed by atoms with van der Waals surface area (Å²) in [6.45, 7) is 5.80. The predicted molar refractivity (Wildman–Crippen MR) is 52.4 cm³/mol. The van der Waals surface area contributed by atoms with Crippen LogP contribution in [0.5, 0.6) is 0 Å². The van der Waals surface area contributed by atoms with Crippen molar-refractivity contribution in [2.45, 2.75) is 52.6 Å². The lowest BCUT2D eigenvalue weighted by Crippen LogP contribution is -2.24. The van der Waals surface area contributed by atoms with Crippen molar-refractivity contribution >= 4 is 5.97 Å². The van der Waals surface area contributed by atoms with Crippen LogP contribution in [0.4, 0.5) is 0 Å². The SMILES string of the molecule is CC(C)OC(=O)C(C)C1CCCC1. The minimum atomic E-state index is -0.0121. The summed E-state index contributed by atoms with van der Waals surface area (Å²) < 4.78 is 5.19. The molecule has 0 heterocycles. The van der Waals surface area contributed by atoms with Gasteiger partial charge in [0.25, 0.3) is 0 Å². The number of carbonyl (C=O) groups excluding carboxylic acids is 1. The maximum absolute atomic E-state index is 11.5. The molecule has 0 aromatic carbocycles. The third kappa shape index (κ3) is 3.02. The predicted octanol–water partition coefficient (Wildman–Crippen LogP) is 2.76. The van der Waals surface area contributed by atoms with E-state index in [-0.39, 0.29) is 18.0 Å². The zero-order chi connectivity index (χ0) is 9.84. The lowest BCUT2D eigenvalue weighted by molar-refractivity contribution is -0.153. The van der Waals surface area contributed by atoms with Crippen molar-refractivity contribution in [3.05, 3.63) is 0 Å². The van der Waals surface area contributed by atoms with Gasteiger partial charge in [-0.05, 0) is 32.6 Å². The molecule has 2 nitrogen and oxygen atoms in total. The molecule has 1 unspecified atom stereocenters. The van der Waals surface area contributed by atoms with Crippen LogP contribution in [0.2, 0.25) is 0 Å². The molecule has 1 saturated carbocycles. The van der Waals surface area contributed by atoms with Crippen molar-refractivity contribution in [2.24, 2.45) is 11.8 Å². The lowest BCUT2D eigenvalue weighted by atomic mass is 9.93. The maximum Gasteiger partial charge on any atom is 0.309 e. The number of rotatable bonds is 3. The molecule has 1 rings (SSSR count). The third-order valence-corrected chi connectivity index (χ3v) is 2.83. The maximum atomic E-state index is 11.5. The zero-order valence-electron chi connectivity index (χ0n) is 8.88. The van der Waals surface area contributed by atoms with Gasteiger partial charge in [0.1, 0.15) is 0 Å². The Balaban J connectivity index is 2.36. The summed E-state index contributed by atoms with van der Waals surface area (Å²) in [7, 11) is 0. The van der Waals surface area contributed by atoms with Gasteiger partial charge in [0.15, 0.2) is 0 Å². The first-order valence-electron chi connectivity index (χ1n) is 5.31. The molecule has 13 heavy (non-hydrogen) atoms. The van der Waals surface area contributed by atoms with E-state index in [0.29, 0.717) is 5.92 Å². The van der Waals surface area contributed by atoms with Crippen molar-refractivity contribution in [3.8, 4) is 0 Å². The summed E-state index contributed by atoms with van der Waals surface area (Å²) in [5.74, 6) is 0.665. The van der Waals surface area contributed by atoms with Gasteiger partial charge in [-0.2, -0.15) is 0 Å². The minimum Gasteiger partial charge on any atom is -0.463 e. The summed E-state index contributed by atoms with van der Waals surface area (Å²) in [6.07, 6.45) is 4.99. The largest absolute Gasteiger partial charge is 0.463 e. The Labute approximate surface area is 80.7 Å². The van der Waals surface area contributed by atoms with Crippen LogP contribution in [0, 0.1) is 11.8 Å². The Bertz CT molecular complexity index is 169. The van der Waals surface area contributed by atoms with Gasteiger partial charge in [-0.15, -0.1) is 0 Å². The fourth-order valence-corrected chi connectivity index (χ4v) is 1.99. The Morgan fingerprint density at radius 1 is 1.23 bits per heavy atom. The Morgan fingerprint density at radius 2 is 1.77 bits per heavy atom. The third-order valence-electron chi connectivity index (χ3n) is 2.83. The smallest absolute Gasteiger partial charge is 0.309 e. The van der Waals surface area contributed by atoms with Gasteiger partial charge in [-0.3, -0.25) is 4.79 Å². The van der Waals surface area contributed by atoms with Crippen LogP contribution in [-0.4, -0.2) is 12.1 Å². The zero-order valence-corrected chi connectivity index (χ0v) is 8.88. The van der Waals surface area contributed by atoms with Gasteiger partial charge in [0.05, 0.1) is 12.0 Å². The number of hydrogen-bond donors (Lipinski definition) is 0. The van der Waals surface area contributed by atoms with Crippen molar-refractivity contribution in [3.63, 3.8) is 0 Å². The molecular weight excluding hydrogens is 164 g/mol. The molecule has 76 valence electrons. The second-order valence-electron chi connectivity index (χ2n) is 4.32. The normalized spacial score (nSPS) is 20.6.